The molecule has 0 saturated carbocycles. The highest BCUT2D eigenvalue weighted by Gasteiger charge is 2.33. The lowest BCUT2D eigenvalue weighted by atomic mass is 9.81. The van der Waals surface area contributed by atoms with Gasteiger partial charge in [0.15, 0.2) is 0 Å². The van der Waals surface area contributed by atoms with Gasteiger partial charge in [0.05, 0.1) is 0 Å². The first-order chi connectivity index (χ1) is 20.2. The molecule has 0 amide bonds. The lowest BCUT2D eigenvalue weighted by Crippen LogP contribution is -2.25. The standard InChI is InChI=1S/C40H35N/c1-26-23-37-32(31-16-7-13-28-11-3-5-15-30(28)31)17-8-18-33(37)35(26)25-36-27(2)24-38-34(36)19-9-21-40(38)41-22-10-14-29-12-4-6-20-39(29)41/h3-9,11-13,15-21,23-24,35-36H,10,14,22,25H2,1-2H3. The molecule has 0 spiro atoms. The number of allylic oxidation sites excluding steroid dienone is 2. The van der Waals surface area contributed by atoms with Crippen LogP contribution in [0.4, 0.5) is 11.4 Å². The second-order valence-corrected chi connectivity index (χ2v) is 12.1. The van der Waals surface area contributed by atoms with Crippen molar-refractivity contribution in [1.29, 1.82) is 0 Å². The number of nitrogens with zero attached hydrogens (tertiary/aromatic N) is 1. The summed E-state index contributed by atoms with van der Waals surface area (Å²) in [5.74, 6) is 0.865. The maximum absolute atomic E-state index is 2.57. The summed E-state index contributed by atoms with van der Waals surface area (Å²) >= 11 is 0. The summed E-state index contributed by atoms with van der Waals surface area (Å²) in [4.78, 5) is 2.57. The average Bonchev–Trinajstić information content (AvgIpc) is 3.51. The Labute approximate surface area is 243 Å². The number of rotatable bonds is 4. The largest absolute Gasteiger partial charge is 0.341 e. The van der Waals surface area contributed by atoms with Crippen LogP contribution < -0.4 is 4.90 Å². The summed E-state index contributed by atoms with van der Waals surface area (Å²) < 4.78 is 0. The van der Waals surface area contributed by atoms with Crippen molar-refractivity contribution in [2.75, 3.05) is 11.4 Å². The predicted octanol–water partition coefficient (Wildman–Crippen LogP) is 10.7. The zero-order valence-electron chi connectivity index (χ0n) is 23.9. The highest BCUT2D eigenvalue weighted by molar-refractivity contribution is 5.99. The minimum absolute atomic E-state index is 0.429. The molecule has 1 heterocycles. The number of para-hydroxylation sites is 1. The minimum Gasteiger partial charge on any atom is -0.341 e. The van der Waals surface area contributed by atoms with Crippen LogP contribution in [0.5, 0.6) is 0 Å². The molecule has 41 heavy (non-hydrogen) atoms. The van der Waals surface area contributed by atoms with E-state index in [2.05, 4.69) is 134 Å². The van der Waals surface area contributed by atoms with Crippen LogP contribution in [0.1, 0.15) is 66.3 Å². The van der Waals surface area contributed by atoms with E-state index in [0.29, 0.717) is 11.8 Å². The molecular formula is C40H35N. The van der Waals surface area contributed by atoms with Crippen molar-refractivity contribution in [2.45, 2.75) is 44.9 Å². The van der Waals surface area contributed by atoms with E-state index < -0.39 is 0 Å². The van der Waals surface area contributed by atoms with Gasteiger partial charge in [-0.3, -0.25) is 0 Å². The van der Waals surface area contributed by atoms with Crippen molar-refractivity contribution >= 4 is 34.3 Å². The summed E-state index contributed by atoms with van der Waals surface area (Å²) in [6, 6.07) is 38.4. The fourth-order valence-corrected chi connectivity index (χ4v) is 7.80. The number of hydrogen-bond donors (Lipinski definition) is 0. The van der Waals surface area contributed by atoms with Gasteiger partial charge in [-0.05, 0) is 89.4 Å². The number of fused-ring (bicyclic) bond motifs is 4. The fraction of sp³-hybridized carbons (Fsp3) is 0.200. The number of hydrogen-bond acceptors (Lipinski definition) is 1. The van der Waals surface area contributed by atoms with E-state index in [1.807, 2.05) is 0 Å². The quantitative estimate of drug-likeness (QED) is 0.224. The minimum atomic E-state index is 0.429. The smallest absolute Gasteiger partial charge is 0.0487 e. The van der Waals surface area contributed by atoms with Crippen molar-refractivity contribution in [3.8, 4) is 11.1 Å². The molecule has 2 atom stereocenters. The van der Waals surface area contributed by atoms with E-state index >= 15 is 0 Å². The van der Waals surface area contributed by atoms with Gasteiger partial charge in [-0.15, -0.1) is 0 Å². The van der Waals surface area contributed by atoms with Gasteiger partial charge in [-0.1, -0.05) is 114 Å². The van der Waals surface area contributed by atoms with E-state index in [1.54, 1.807) is 0 Å². The van der Waals surface area contributed by atoms with Gasteiger partial charge in [-0.2, -0.15) is 0 Å². The third-order valence-corrected chi connectivity index (χ3v) is 9.80. The van der Waals surface area contributed by atoms with Gasteiger partial charge >= 0.3 is 0 Å². The molecule has 0 N–H and O–H groups in total. The molecule has 3 aliphatic rings. The normalized spacial score (nSPS) is 19.0. The summed E-state index contributed by atoms with van der Waals surface area (Å²) in [7, 11) is 0. The van der Waals surface area contributed by atoms with Crippen LogP contribution in [0.2, 0.25) is 0 Å². The first-order valence-electron chi connectivity index (χ1n) is 15.1. The molecule has 2 aliphatic carbocycles. The molecule has 0 radical (unpaired) electrons. The van der Waals surface area contributed by atoms with Crippen molar-refractivity contribution in [1.82, 2.24) is 0 Å². The molecule has 5 aromatic carbocycles. The Balaban J connectivity index is 1.16. The first-order valence-corrected chi connectivity index (χ1v) is 15.1. The van der Waals surface area contributed by atoms with Gasteiger partial charge in [-0.25, -0.2) is 0 Å². The van der Waals surface area contributed by atoms with Crippen LogP contribution in [0.3, 0.4) is 0 Å². The summed E-state index contributed by atoms with van der Waals surface area (Å²) in [5, 5.41) is 2.63. The Morgan fingerprint density at radius 1 is 0.610 bits per heavy atom. The maximum atomic E-state index is 2.57. The van der Waals surface area contributed by atoms with Crippen LogP contribution in [-0.4, -0.2) is 6.54 Å². The molecule has 5 aromatic rings. The third kappa shape index (κ3) is 3.90. The maximum Gasteiger partial charge on any atom is 0.0487 e. The summed E-state index contributed by atoms with van der Waals surface area (Å²) in [6.07, 6.45) is 8.44. The molecule has 0 saturated heterocycles. The van der Waals surface area contributed by atoms with Gasteiger partial charge in [0.1, 0.15) is 0 Å². The molecular weight excluding hydrogens is 494 g/mol. The lowest BCUT2D eigenvalue weighted by Gasteiger charge is -2.33. The number of benzene rings is 5. The molecule has 200 valence electrons. The summed E-state index contributed by atoms with van der Waals surface area (Å²) in [5.41, 5.74) is 15.7. The van der Waals surface area contributed by atoms with Crippen molar-refractivity contribution < 1.29 is 0 Å². The first kappa shape index (κ1) is 24.4. The molecule has 0 fully saturated rings. The van der Waals surface area contributed by atoms with Crippen LogP contribution in [0.15, 0.2) is 114 Å². The third-order valence-electron chi connectivity index (χ3n) is 9.80. The van der Waals surface area contributed by atoms with Crippen molar-refractivity contribution in [3.05, 3.63) is 142 Å². The predicted molar refractivity (Wildman–Crippen MR) is 175 cm³/mol. The van der Waals surface area contributed by atoms with Crippen LogP contribution in [0, 0.1) is 0 Å². The van der Waals surface area contributed by atoms with E-state index in [0.717, 1.165) is 13.0 Å². The Morgan fingerprint density at radius 3 is 2.12 bits per heavy atom. The monoisotopic (exact) mass is 529 g/mol. The molecule has 2 unspecified atom stereocenters. The Kier molecular flexibility index (Phi) is 5.74. The van der Waals surface area contributed by atoms with Gasteiger partial charge in [0.25, 0.3) is 0 Å². The zero-order chi connectivity index (χ0) is 27.5. The molecule has 0 aromatic heterocycles. The SMILES string of the molecule is CC1=Cc2c(-c3cccc4ccccc34)cccc2C1CC1C(C)=Cc2c1cccc2N1CCCc2ccccc21. The molecule has 0 bridgehead atoms. The average molecular weight is 530 g/mol. The fourth-order valence-electron chi connectivity index (χ4n) is 7.80. The molecule has 1 heteroatoms. The molecule has 1 aliphatic heterocycles. The molecule has 8 rings (SSSR count). The Morgan fingerprint density at radius 2 is 1.24 bits per heavy atom. The van der Waals surface area contributed by atoms with E-state index in [9.17, 15) is 0 Å². The number of aryl methyl sites for hydroxylation is 1. The van der Waals surface area contributed by atoms with Crippen molar-refractivity contribution in [2.24, 2.45) is 0 Å². The van der Waals surface area contributed by atoms with Crippen LogP contribution in [-0.2, 0) is 6.42 Å². The second-order valence-electron chi connectivity index (χ2n) is 12.1. The highest BCUT2D eigenvalue weighted by Crippen LogP contribution is 2.51. The highest BCUT2D eigenvalue weighted by atomic mass is 15.1. The number of anilines is 2. The van der Waals surface area contributed by atoms with Crippen molar-refractivity contribution in [3.63, 3.8) is 0 Å². The summed E-state index contributed by atoms with van der Waals surface area (Å²) in [6.45, 7) is 5.77. The van der Waals surface area contributed by atoms with Crippen LogP contribution in [0.25, 0.3) is 34.1 Å². The lowest BCUT2D eigenvalue weighted by molar-refractivity contribution is 0.642. The van der Waals surface area contributed by atoms with Gasteiger partial charge in [0.2, 0.25) is 0 Å². The van der Waals surface area contributed by atoms with E-state index in [4.69, 9.17) is 0 Å². The van der Waals surface area contributed by atoms with Gasteiger partial charge in [0, 0.05) is 35.3 Å². The van der Waals surface area contributed by atoms with E-state index in [1.165, 1.54) is 85.1 Å². The second kappa shape index (κ2) is 9.63. The zero-order valence-corrected chi connectivity index (χ0v) is 23.9. The molecule has 1 nitrogen and oxygen atoms in total. The van der Waals surface area contributed by atoms with Crippen LogP contribution >= 0.6 is 0 Å². The Bertz CT molecular complexity index is 1880. The van der Waals surface area contributed by atoms with E-state index in [-0.39, 0.29) is 0 Å². The van der Waals surface area contributed by atoms with Gasteiger partial charge < -0.3 is 4.90 Å². The topological polar surface area (TPSA) is 3.24 Å². The Hall–Kier alpha value is -4.36.